The van der Waals surface area contributed by atoms with Crippen molar-refractivity contribution in [3.63, 3.8) is 0 Å². The zero-order chi connectivity index (χ0) is 17.2. The van der Waals surface area contributed by atoms with Gasteiger partial charge in [0.25, 0.3) is 0 Å². The highest BCUT2D eigenvalue weighted by atomic mass is 19.4. The van der Waals surface area contributed by atoms with E-state index in [9.17, 15) is 18.0 Å². The van der Waals surface area contributed by atoms with Crippen LogP contribution in [0.4, 0.5) is 24.7 Å². The fourth-order valence-electron chi connectivity index (χ4n) is 1.98. The SMILES string of the molecule is Cc1cc(NC(=O)C(C)Nc2ccc(C)c(C(F)(F)F)c2)on1. The lowest BCUT2D eigenvalue weighted by Crippen LogP contribution is -2.31. The van der Waals surface area contributed by atoms with Crippen LogP contribution in [0.1, 0.15) is 23.7 Å². The molecule has 0 aliphatic rings. The Morgan fingerprint density at radius 2 is 1.96 bits per heavy atom. The first-order valence-electron chi connectivity index (χ1n) is 6.85. The highest BCUT2D eigenvalue weighted by molar-refractivity contribution is 5.95. The van der Waals surface area contributed by atoms with Gasteiger partial charge in [0.2, 0.25) is 11.8 Å². The zero-order valence-corrected chi connectivity index (χ0v) is 12.8. The maximum Gasteiger partial charge on any atom is 0.416 e. The third kappa shape index (κ3) is 4.24. The van der Waals surface area contributed by atoms with Crippen LogP contribution in [0.15, 0.2) is 28.8 Å². The lowest BCUT2D eigenvalue weighted by Gasteiger charge is -2.17. The monoisotopic (exact) mass is 327 g/mol. The van der Waals surface area contributed by atoms with Crippen LogP contribution in [0.3, 0.4) is 0 Å². The lowest BCUT2D eigenvalue weighted by atomic mass is 10.1. The molecule has 0 bridgehead atoms. The Morgan fingerprint density at radius 1 is 1.26 bits per heavy atom. The third-order valence-corrected chi connectivity index (χ3v) is 3.19. The van der Waals surface area contributed by atoms with Crippen LogP contribution in [0.5, 0.6) is 0 Å². The van der Waals surface area contributed by atoms with E-state index in [-0.39, 0.29) is 17.1 Å². The number of rotatable bonds is 4. The van der Waals surface area contributed by atoms with E-state index < -0.39 is 23.7 Å². The van der Waals surface area contributed by atoms with Gasteiger partial charge in [-0.1, -0.05) is 11.2 Å². The Morgan fingerprint density at radius 3 is 2.52 bits per heavy atom. The van der Waals surface area contributed by atoms with Crippen molar-refractivity contribution in [3.05, 3.63) is 41.1 Å². The van der Waals surface area contributed by atoms with Gasteiger partial charge in [-0.2, -0.15) is 13.2 Å². The molecule has 0 saturated carbocycles. The molecular weight excluding hydrogens is 311 g/mol. The zero-order valence-electron chi connectivity index (χ0n) is 12.8. The summed E-state index contributed by atoms with van der Waals surface area (Å²) in [5.74, 6) is -0.267. The van der Waals surface area contributed by atoms with E-state index in [1.807, 2.05) is 0 Å². The first-order chi connectivity index (χ1) is 10.7. The number of benzene rings is 1. The van der Waals surface area contributed by atoms with Gasteiger partial charge in [0, 0.05) is 11.8 Å². The number of carbonyl (C=O) groups is 1. The number of aromatic nitrogens is 1. The van der Waals surface area contributed by atoms with Crippen molar-refractivity contribution in [1.29, 1.82) is 0 Å². The topological polar surface area (TPSA) is 67.2 Å². The Bertz CT molecular complexity index is 710. The van der Waals surface area contributed by atoms with Crippen molar-refractivity contribution >= 4 is 17.5 Å². The van der Waals surface area contributed by atoms with E-state index >= 15 is 0 Å². The molecule has 1 heterocycles. The summed E-state index contributed by atoms with van der Waals surface area (Å²) in [5, 5.41) is 8.85. The second-order valence-electron chi connectivity index (χ2n) is 5.22. The molecule has 1 aromatic heterocycles. The number of carbonyl (C=O) groups excluding carboxylic acids is 1. The molecule has 0 aliphatic carbocycles. The van der Waals surface area contributed by atoms with Gasteiger partial charge in [-0.05, 0) is 38.5 Å². The number of anilines is 2. The van der Waals surface area contributed by atoms with Crippen molar-refractivity contribution < 1.29 is 22.5 Å². The fourth-order valence-corrected chi connectivity index (χ4v) is 1.98. The Labute approximate surface area is 130 Å². The molecule has 0 fully saturated rings. The van der Waals surface area contributed by atoms with Gasteiger partial charge in [0.15, 0.2) is 0 Å². The van der Waals surface area contributed by atoms with Gasteiger partial charge >= 0.3 is 6.18 Å². The van der Waals surface area contributed by atoms with E-state index in [2.05, 4.69) is 15.8 Å². The van der Waals surface area contributed by atoms with Crippen LogP contribution in [0.2, 0.25) is 0 Å². The lowest BCUT2D eigenvalue weighted by molar-refractivity contribution is -0.138. The molecule has 0 aliphatic heterocycles. The first kappa shape index (κ1) is 16.9. The molecule has 2 rings (SSSR count). The van der Waals surface area contributed by atoms with Crippen molar-refractivity contribution in [2.24, 2.45) is 0 Å². The van der Waals surface area contributed by atoms with Gasteiger partial charge in [-0.15, -0.1) is 0 Å². The summed E-state index contributed by atoms with van der Waals surface area (Å²) in [6.07, 6.45) is -4.44. The number of amides is 1. The highest BCUT2D eigenvalue weighted by Gasteiger charge is 2.32. The molecule has 1 amide bonds. The minimum absolute atomic E-state index is 0.122. The Balaban J connectivity index is 2.07. The number of hydrogen-bond acceptors (Lipinski definition) is 4. The minimum atomic E-state index is -4.44. The summed E-state index contributed by atoms with van der Waals surface area (Å²) < 4.78 is 43.5. The molecule has 2 N–H and O–H groups in total. The van der Waals surface area contributed by atoms with E-state index in [1.165, 1.54) is 32.0 Å². The van der Waals surface area contributed by atoms with Crippen molar-refractivity contribution in [2.75, 3.05) is 10.6 Å². The Kier molecular flexibility index (Phi) is 4.63. The number of alkyl halides is 3. The van der Waals surface area contributed by atoms with Crippen molar-refractivity contribution in [1.82, 2.24) is 5.16 Å². The second kappa shape index (κ2) is 6.31. The third-order valence-electron chi connectivity index (χ3n) is 3.19. The van der Waals surface area contributed by atoms with Gasteiger partial charge in [-0.25, -0.2) is 0 Å². The van der Waals surface area contributed by atoms with Gasteiger partial charge in [0.1, 0.15) is 6.04 Å². The second-order valence-corrected chi connectivity index (χ2v) is 5.22. The number of nitrogens with zero attached hydrogens (tertiary/aromatic N) is 1. The van der Waals surface area contributed by atoms with E-state index in [4.69, 9.17) is 4.52 Å². The molecule has 0 radical (unpaired) electrons. The molecular formula is C15H16F3N3O2. The fraction of sp³-hybridized carbons (Fsp3) is 0.333. The average Bonchev–Trinajstić information content (AvgIpc) is 2.85. The predicted octanol–water partition coefficient (Wildman–Crippen LogP) is 3.75. The van der Waals surface area contributed by atoms with Crippen LogP contribution < -0.4 is 10.6 Å². The molecule has 1 atom stereocenters. The maximum absolute atomic E-state index is 12.9. The van der Waals surface area contributed by atoms with Crippen LogP contribution in [0, 0.1) is 13.8 Å². The number of hydrogen-bond donors (Lipinski definition) is 2. The van der Waals surface area contributed by atoms with Gasteiger partial charge < -0.3 is 9.84 Å². The maximum atomic E-state index is 12.9. The standard InChI is InChI=1S/C15H16F3N3O2/c1-8-4-5-11(7-12(8)15(16,17)18)19-10(3)14(22)20-13-6-9(2)21-23-13/h4-7,10,19H,1-3H3,(H,20,22). The van der Waals surface area contributed by atoms with Crippen LogP contribution in [0.25, 0.3) is 0 Å². The summed E-state index contributed by atoms with van der Waals surface area (Å²) in [6.45, 7) is 4.62. The minimum Gasteiger partial charge on any atom is -0.374 e. The van der Waals surface area contributed by atoms with Crippen molar-refractivity contribution in [2.45, 2.75) is 33.0 Å². The summed E-state index contributed by atoms with van der Waals surface area (Å²) in [4.78, 5) is 12.0. The number of halogens is 3. The average molecular weight is 327 g/mol. The Hall–Kier alpha value is -2.51. The van der Waals surface area contributed by atoms with E-state index in [0.29, 0.717) is 5.69 Å². The van der Waals surface area contributed by atoms with Crippen LogP contribution >= 0.6 is 0 Å². The smallest absolute Gasteiger partial charge is 0.374 e. The molecule has 0 saturated heterocycles. The van der Waals surface area contributed by atoms with E-state index in [1.54, 1.807) is 6.92 Å². The molecule has 124 valence electrons. The molecule has 23 heavy (non-hydrogen) atoms. The first-order valence-corrected chi connectivity index (χ1v) is 6.85. The normalized spacial score (nSPS) is 12.8. The van der Waals surface area contributed by atoms with Gasteiger partial charge in [-0.3, -0.25) is 10.1 Å². The van der Waals surface area contributed by atoms with Crippen LogP contribution in [-0.4, -0.2) is 17.1 Å². The molecule has 1 unspecified atom stereocenters. The molecule has 2 aromatic rings. The van der Waals surface area contributed by atoms with Gasteiger partial charge in [0.05, 0.1) is 11.3 Å². The highest BCUT2D eigenvalue weighted by Crippen LogP contribution is 2.33. The number of nitrogens with one attached hydrogen (secondary N) is 2. The summed E-state index contributed by atoms with van der Waals surface area (Å²) in [6, 6.07) is 4.61. The van der Waals surface area contributed by atoms with Crippen LogP contribution in [-0.2, 0) is 11.0 Å². The molecule has 8 heteroatoms. The quantitative estimate of drug-likeness (QED) is 0.897. The summed E-state index contributed by atoms with van der Waals surface area (Å²) in [5.41, 5.74) is 0.201. The predicted molar refractivity (Wildman–Crippen MR) is 79.1 cm³/mol. The number of aryl methyl sites for hydroxylation is 2. The molecule has 0 spiro atoms. The molecule has 1 aromatic carbocycles. The van der Waals surface area contributed by atoms with Crippen molar-refractivity contribution in [3.8, 4) is 0 Å². The van der Waals surface area contributed by atoms with E-state index in [0.717, 1.165) is 6.07 Å². The summed E-state index contributed by atoms with van der Waals surface area (Å²) in [7, 11) is 0. The molecule has 5 nitrogen and oxygen atoms in total. The largest absolute Gasteiger partial charge is 0.416 e. The summed E-state index contributed by atoms with van der Waals surface area (Å²) >= 11 is 0.